The number of aliphatic hydroxyl groups excluding tert-OH is 4. The zero-order valence-corrected chi connectivity index (χ0v) is 36.6. The number of nitrogens with zero attached hydrogens (tertiary/aromatic N) is 2. The van der Waals surface area contributed by atoms with Crippen molar-refractivity contribution >= 4 is 37.3 Å². The summed E-state index contributed by atoms with van der Waals surface area (Å²) in [7, 11) is -8.34. The predicted octanol–water partition coefficient (Wildman–Crippen LogP) is 4.98. The first-order valence-electron chi connectivity index (χ1n) is 20.7. The number of ether oxygens (including phenoxy) is 2. The molecule has 1 fully saturated rings. The molecule has 3 heterocycles. The highest BCUT2D eigenvalue weighted by Gasteiger charge is 2.49. The van der Waals surface area contributed by atoms with Crippen LogP contribution in [0.4, 0.5) is 11.4 Å². The molecule has 5 unspecified atom stereocenters. The number of hydrogen-bond donors (Lipinski definition) is 6. The van der Waals surface area contributed by atoms with E-state index in [4.69, 9.17) is 9.47 Å². The van der Waals surface area contributed by atoms with Gasteiger partial charge in [0.15, 0.2) is 12.0 Å². The molecular formula is C44H61N2O12S2+. The zero-order valence-electron chi connectivity index (χ0n) is 35.0. The van der Waals surface area contributed by atoms with Crippen LogP contribution in [0.3, 0.4) is 0 Å². The van der Waals surface area contributed by atoms with Gasteiger partial charge in [-0.05, 0) is 68.9 Å². The molecule has 0 spiro atoms. The summed E-state index contributed by atoms with van der Waals surface area (Å²) in [6.07, 6.45) is 6.51. The summed E-state index contributed by atoms with van der Waals surface area (Å²) in [5.41, 5.74) is 6.32. The molecule has 14 nitrogen and oxygen atoms in total. The van der Waals surface area contributed by atoms with Gasteiger partial charge in [-0.2, -0.15) is 21.4 Å². The average molecular weight is 874 g/mol. The van der Waals surface area contributed by atoms with Crippen LogP contribution in [-0.4, -0.2) is 119 Å². The smallest absolute Gasteiger partial charge is 0.265 e. The Morgan fingerprint density at radius 3 is 2.13 bits per heavy atom. The van der Waals surface area contributed by atoms with Crippen molar-refractivity contribution in [1.29, 1.82) is 0 Å². The van der Waals surface area contributed by atoms with Crippen molar-refractivity contribution in [2.75, 3.05) is 36.1 Å². The molecule has 3 aliphatic heterocycles. The second kappa shape index (κ2) is 19.6. The van der Waals surface area contributed by atoms with E-state index in [1.807, 2.05) is 61.6 Å². The van der Waals surface area contributed by atoms with Crippen molar-refractivity contribution in [3.05, 3.63) is 107 Å². The van der Waals surface area contributed by atoms with Crippen LogP contribution < -0.4 is 4.90 Å². The summed E-state index contributed by atoms with van der Waals surface area (Å²) < 4.78 is 79.4. The molecule has 16 heteroatoms. The molecule has 0 aliphatic carbocycles. The lowest BCUT2D eigenvalue weighted by Gasteiger charge is -2.38. The van der Waals surface area contributed by atoms with Crippen molar-refractivity contribution in [3.8, 4) is 0 Å². The molecule has 0 amide bonds. The molecule has 6 N–H and O–H groups in total. The van der Waals surface area contributed by atoms with Crippen LogP contribution in [0.25, 0.3) is 0 Å². The molecule has 0 radical (unpaired) electrons. The van der Waals surface area contributed by atoms with Crippen LogP contribution in [-0.2, 0) is 40.5 Å². The number of hydrogen-bond acceptors (Lipinski definition) is 11. The third kappa shape index (κ3) is 10.1. The van der Waals surface area contributed by atoms with E-state index in [0.717, 1.165) is 65.2 Å². The minimum Gasteiger partial charge on any atom is -0.491 e. The molecule has 1 saturated heterocycles. The van der Waals surface area contributed by atoms with Gasteiger partial charge in [0.2, 0.25) is 5.69 Å². The van der Waals surface area contributed by atoms with Gasteiger partial charge in [0.05, 0.1) is 16.9 Å². The molecule has 330 valence electrons. The molecule has 60 heavy (non-hydrogen) atoms. The minimum absolute atomic E-state index is 0.193. The van der Waals surface area contributed by atoms with E-state index in [0.29, 0.717) is 18.8 Å². The minimum atomic E-state index is -4.17. The number of rotatable bonds is 19. The number of para-hydroxylation sites is 1. The molecular weight excluding hydrogens is 813 g/mol. The standard InChI is InChI=1S/C44H60N2O12S2/c1-6-43(7-2)32-18-10-11-19-34(32)45(24-14-26-59(51,52)53)37(43)20-12-16-31(57-29-36-39(47)40(48)41(49)42(50)58-36)17-13-21-38-44(8-3,9-4)33-28-30(5)22-23-35(33)46(38)25-15-27-60(54,55)56/h10-13,16-23,28,36,39-42,47-50H,6-9,14-15,24-27,29H2,1-5H3,(H-,51,52,53,54,55,56)/p+1. The largest absolute Gasteiger partial charge is 0.491 e. The fourth-order valence-corrected chi connectivity index (χ4v) is 10.1. The highest BCUT2D eigenvalue weighted by Crippen LogP contribution is 2.52. The van der Waals surface area contributed by atoms with Crippen LogP contribution in [0.15, 0.2) is 90.4 Å². The first-order chi connectivity index (χ1) is 28.4. The maximum absolute atomic E-state index is 11.7. The quantitative estimate of drug-likeness (QED) is 0.0476. The number of allylic oxidation sites excluding steroid dienone is 7. The van der Waals surface area contributed by atoms with Gasteiger partial charge in [-0.3, -0.25) is 9.11 Å². The molecule has 2 aromatic carbocycles. The van der Waals surface area contributed by atoms with Crippen LogP contribution in [0, 0.1) is 6.92 Å². The van der Waals surface area contributed by atoms with Crippen molar-refractivity contribution < 1.29 is 60.4 Å². The highest BCUT2D eigenvalue weighted by molar-refractivity contribution is 7.86. The van der Waals surface area contributed by atoms with E-state index >= 15 is 0 Å². The third-order valence-corrected chi connectivity index (χ3v) is 14.0. The Morgan fingerprint density at radius 2 is 1.48 bits per heavy atom. The first-order valence-corrected chi connectivity index (χ1v) is 23.9. The van der Waals surface area contributed by atoms with Crippen LogP contribution in [0.5, 0.6) is 0 Å². The molecule has 3 aliphatic rings. The van der Waals surface area contributed by atoms with Gasteiger partial charge in [-0.25, -0.2) is 0 Å². The Bertz CT molecular complexity index is 2220. The summed E-state index contributed by atoms with van der Waals surface area (Å²) >= 11 is 0. The Kier molecular flexibility index (Phi) is 15.4. The van der Waals surface area contributed by atoms with E-state index in [9.17, 15) is 46.4 Å². The second-order valence-corrected chi connectivity index (χ2v) is 18.9. The third-order valence-electron chi connectivity index (χ3n) is 12.3. The van der Waals surface area contributed by atoms with Crippen molar-refractivity contribution in [2.24, 2.45) is 0 Å². The Labute approximate surface area is 354 Å². The lowest BCUT2D eigenvalue weighted by molar-refractivity contribution is -0.437. The molecule has 0 aromatic heterocycles. The van der Waals surface area contributed by atoms with Crippen LogP contribution in [0.1, 0.15) is 82.9 Å². The number of aryl methyl sites for hydroxylation is 1. The van der Waals surface area contributed by atoms with E-state index in [-0.39, 0.29) is 31.0 Å². The van der Waals surface area contributed by atoms with Gasteiger partial charge in [0.1, 0.15) is 43.3 Å². The highest BCUT2D eigenvalue weighted by atomic mass is 32.2. The Morgan fingerprint density at radius 1 is 0.833 bits per heavy atom. The molecule has 0 saturated carbocycles. The SMILES string of the molecule is CCC1(CC)C(=CC=CC(=CC=CC2=[N+](CCCS(=O)(=O)O)c3ccccc3C2(CC)CC)OCC2OC(O)C(O)C(O)C2O)N(CCCS(=O)(=O)O)c2ccc(C)cc21. The van der Waals surface area contributed by atoms with E-state index < -0.39 is 61.8 Å². The molecule has 0 bridgehead atoms. The van der Waals surface area contributed by atoms with Crippen molar-refractivity contribution in [3.63, 3.8) is 0 Å². The number of aliphatic hydroxyl groups is 4. The van der Waals surface area contributed by atoms with E-state index in [1.165, 1.54) is 0 Å². The fourth-order valence-electron chi connectivity index (χ4n) is 9.08. The van der Waals surface area contributed by atoms with Gasteiger partial charge in [-0.1, -0.05) is 75.7 Å². The monoisotopic (exact) mass is 873 g/mol. The zero-order chi connectivity index (χ0) is 44.0. The normalized spacial score (nSPS) is 24.9. The predicted molar refractivity (Wildman–Crippen MR) is 231 cm³/mol. The lowest BCUT2D eigenvalue weighted by Crippen LogP contribution is -2.58. The Hall–Kier alpha value is -3.71. The van der Waals surface area contributed by atoms with E-state index in [2.05, 4.69) is 49.3 Å². The van der Waals surface area contributed by atoms with Gasteiger partial charge < -0.3 is 34.8 Å². The van der Waals surface area contributed by atoms with Gasteiger partial charge in [-0.15, -0.1) is 0 Å². The maximum atomic E-state index is 11.7. The molecule has 2 aromatic rings. The second-order valence-electron chi connectivity index (χ2n) is 15.8. The summed E-state index contributed by atoms with van der Waals surface area (Å²) in [5.74, 6) is -0.465. The van der Waals surface area contributed by atoms with Crippen molar-refractivity contribution in [2.45, 2.75) is 115 Å². The number of anilines is 1. The Balaban J connectivity index is 1.57. The van der Waals surface area contributed by atoms with Gasteiger partial charge >= 0.3 is 0 Å². The summed E-state index contributed by atoms with van der Waals surface area (Å²) in [4.78, 5) is 2.10. The van der Waals surface area contributed by atoms with Crippen molar-refractivity contribution in [1.82, 2.24) is 0 Å². The topological polar surface area (TPSA) is 214 Å². The first kappa shape index (κ1) is 47.3. The lowest BCUT2D eigenvalue weighted by atomic mass is 9.73. The van der Waals surface area contributed by atoms with Crippen LogP contribution >= 0.6 is 0 Å². The summed E-state index contributed by atoms with van der Waals surface area (Å²) in [6, 6.07) is 14.2. The van der Waals surface area contributed by atoms with Crippen LogP contribution in [0.2, 0.25) is 0 Å². The molecule has 5 rings (SSSR count). The average Bonchev–Trinajstić information content (AvgIpc) is 3.61. The fraction of sp³-hybridized carbons (Fsp3) is 0.523. The number of fused-ring (bicyclic) bond motifs is 2. The maximum Gasteiger partial charge on any atom is 0.265 e. The van der Waals surface area contributed by atoms with Gasteiger partial charge in [0, 0.05) is 47.5 Å². The van der Waals surface area contributed by atoms with Gasteiger partial charge in [0.25, 0.3) is 20.2 Å². The summed E-state index contributed by atoms with van der Waals surface area (Å²) in [5, 5.41) is 41.3. The summed E-state index contributed by atoms with van der Waals surface area (Å²) in [6.45, 7) is 10.8. The van der Waals surface area contributed by atoms with E-state index in [1.54, 1.807) is 12.2 Å². The molecule has 5 atom stereocenters. The number of benzene rings is 2.